The Bertz CT molecular complexity index is 11.6. The molecule has 2 N–H and O–H groups in total. The molecule has 0 aliphatic heterocycles. The molecular weight excluding hydrogens is 57.0 g/mol. The predicted molar refractivity (Wildman–Crippen MR) is 25.1 cm³/mol. The molecule has 5 heavy (non-hydrogen) atoms. The molecule has 0 aliphatic carbocycles. The Morgan fingerprint density at radius 2 is 1.40 bits per heavy atom. The molecule has 0 aromatic rings. The third kappa shape index (κ3) is 95.9. The van der Waals surface area contributed by atoms with E-state index in [2.05, 4.69) is 0 Å². The van der Waals surface area contributed by atoms with Crippen LogP contribution in [0.2, 0.25) is 0 Å². The van der Waals surface area contributed by atoms with Crippen LogP contribution in [-0.4, -0.2) is 24.9 Å². The van der Waals surface area contributed by atoms with Gasteiger partial charge >= 0.3 is 0 Å². The van der Waals surface area contributed by atoms with Gasteiger partial charge in [0.15, 0.2) is 0 Å². The van der Waals surface area contributed by atoms with Crippen LogP contribution in [0.15, 0.2) is 0 Å². The van der Waals surface area contributed by atoms with Crippen molar-refractivity contribution in [2.75, 3.05) is 0 Å². The minimum Gasteiger partial charge on any atom is -0.328 e. The summed E-state index contributed by atoms with van der Waals surface area (Å²) in [6.45, 7) is 3.89. The Labute approximate surface area is 45.1 Å². The second kappa shape index (κ2) is 4.56. The van der Waals surface area contributed by atoms with Crippen LogP contribution in [0.5, 0.6) is 0 Å². The van der Waals surface area contributed by atoms with Crippen LogP contribution in [0.25, 0.3) is 0 Å². The van der Waals surface area contributed by atoms with E-state index in [-0.39, 0.29) is 18.9 Å². The van der Waals surface area contributed by atoms with Crippen molar-refractivity contribution in [1.82, 2.24) is 0 Å². The van der Waals surface area contributed by atoms with Crippen molar-refractivity contribution in [3.8, 4) is 0 Å². The molecule has 1 radical (unpaired) electrons. The first-order valence-electron chi connectivity index (χ1n) is 1.49. The van der Waals surface area contributed by atoms with Gasteiger partial charge in [0.1, 0.15) is 0 Å². The van der Waals surface area contributed by atoms with Gasteiger partial charge in [-0.1, -0.05) is 13.8 Å². The zero-order valence-corrected chi connectivity index (χ0v) is 4.15. The molecule has 0 unspecified atom stereocenters. The Hall–Kier alpha value is 0.557. The minimum absolute atomic E-state index is 0. The molecule has 1 nitrogen and oxygen atoms in total. The summed E-state index contributed by atoms with van der Waals surface area (Å²) in [6.07, 6.45) is 0. The zero-order valence-electron chi connectivity index (χ0n) is 4.15. The summed E-state index contributed by atoms with van der Waals surface area (Å²) < 4.78 is 0. The third-order valence-corrected chi connectivity index (χ3v) is 0. The van der Waals surface area contributed by atoms with Crippen LogP contribution in [-0.2, 0) is 0 Å². The van der Waals surface area contributed by atoms with Gasteiger partial charge in [-0.05, 0) is 6.04 Å². The van der Waals surface area contributed by atoms with Gasteiger partial charge in [-0.2, -0.15) is 0 Å². The molecule has 0 aromatic carbocycles. The van der Waals surface area contributed by atoms with Gasteiger partial charge in [-0.15, -0.1) is 0 Å². The monoisotopic (exact) mass is 66.1 g/mol. The minimum atomic E-state index is 0. The van der Waals surface area contributed by atoms with Crippen LogP contribution in [0.1, 0.15) is 13.8 Å². The van der Waals surface area contributed by atoms with Gasteiger partial charge in [-0.3, -0.25) is 0 Å². The SMILES string of the molecule is CC(C)N.[Li]. The fraction of sp³-hybridized carbons (Fsp3) is 1.00. The molecular formula is C3H9LiN. The molecule has 0 fully saturated rings. The van der Waals surface area contributed by atoms with Crippen LogP contribution < -0.4 is 5.73 Å². The number of rotatable bonds is 0. The Kier molecular flexibility index (Phi) is 8.31. The van der Waals surface area contributed by atoms with Gasteiger partial charge in [0.2, 0.25) is 0 Å². The van der Waals surface area contributed by atoms with Gasteiger partial charge in [0.05, 0.1) is 0 Å². The first-order chi connectivity index (χ1) is 1.73. The average Bonchev–Trinajstić information content (AvgIpc) is 0.811. The molecule has 0 atom stereocenters. The maximum absolute atomic E-state index is 5.11. The molecule has 0 amide bonds. The molecule has 0 aliphatic rings. The van der Waals surface area contributed by atoms with Crippen molar-refractivity contribution < 1.29 is 0 Å². The van der Waals surface area contributed by atoms with Gasteiger partial charge in [-0.25, -0.2) is 0 Å². The number of hydrogen-bond donors (Lipinski definition) is 1. The van der Waals surface area contributed by atoms with Gasteiger partial charge in [0.25, 0.3) is 0 Å². The van der Waals surface area contributed by atoms with Crippen molar-refractivity contribution in [3.05, 3.63) is 0 Å². The van der Waals surface area contributed by atoms with E-state index in [1.54, 1.807) is 0 Å². The summed E-state index contributed by atoms with van der Waals surface area (Å²) in [5, 5.41) is 0. The molecule has 27 valence electrons. The molecule has 0 saturated heterocycles. The van der Waals surface area contributed by atoms with Crippen LogP contribution in [0.4, 0.5) is 0 Å². The van der Waals surface area contributed by atoms with Crippen molar-refractivity contribution in [3.63, 3.8) is 0 Å². The van der Waals surface area contributed by atoms with Crippen molar-refractivity contribution in [2.24, 2.45) is 5.73 Å². The van der Waals surface area contributed by atoms with Gasteiger partial charge < -0.3 is 5.73 Å². The molecule has 0 aromatic heterocycles. The largest absolute Gasteiger partial charge is 0.328 e. The smallest absolute Gasteiger partial charge is 0 e. The van der Waals surface area contributed by atoms with Crippen molar-refractivity contribution >= 4 is 18.9 Å². The number of nitrogens with two attached hydrogens (primary N) is 1. The Morgan fingerprint density at radius 1 is 1.40 bits per heavy atom. The van der Waals surface area contributed by atoms with Crippen molar-refractivity contribution in [1.29, 1.82) is 0 Å². The fourth-order valence-electron chi connectivity index (χ4n) is 0. The Morgan fingerprint density at radius 3 is 1.40 bits per heavy atom. The van der Waals surface area contributed by atoms with E-state index in [0.29, 0.717) is 6.04 Å². The summed E-state index contributed by atoms with van der Waals surface area (Å²) >= 11 is 0. The maximum Gasteiger partial charge on any atom is 0 e. The van der Waals surface area contributed by atoms with E-state index in [1.807, 2.05) is 13.8 Å². The van der Waals surface area contributed by atoms with Crippen LogP contribution >= 0.6 is 0 Å². The first kappa shape index (κ1) is 9.12. The normalized spacial score (nSPS) is 7.20. The van der Waals surface area contributed by atoms with Gasteiger partial charge in [0, 0.05) is 18.9 Å². The second-order valence-corrected chi connectivity index (χ2v) is 1.24. The predicted octanol–water partition coefficient (Wildman–Crippen LogP) is -0.0273. The topological polar surface area (TPSA) is 26.0 Å². The second-order valence-electron chi connectivity index (χ2n) is 1.24. The van der Waals surface area contributed by atoms with Crippen LogP contribution in [0.3, 0.4) is 0 Å². The van der Waals surface area contributed by atoms with Crippen LogP contribution in [0, 0.1) is 0 Å². The quantitative estimate of drug-likeness (QED) is 0.395. The number of hydrogen-bond acceptors (Lipinski definition) is 1. The molecule has 2 heteroatoms. The Balaban J connectivity index is 0. The van der Waals surface area contributed by atoms with Crippen molar-refractivity contribution in [2.45, 2.75) is 19.9 Å². The summed E-state index contributed by atoms with van der Waals surface area (Å²) in [4.78, 5) is 0. The summed E-state index contributed by atoms with van der Waals surface area (Å²) in [5.41, 5.74) is 5.11. The summed E-state index contributed by atoms with van der Waals surface area (Å²) in [6, 6.07) is 0.333. The van der Waals surface area contributed by atoms with E-state index in [9.17, 15) is 0 Å². The zero-order chi connectivity index (χ0) is 3.58. The third-order valence-electron chi connectivity index (χ3n) is 0. The molecule has 0 saturated carbocycles. The maximum atomic E-state index is 5.11. The molecule has 0 rings (SSSR count). The average molecular weight is 66.1 g/mol. The summed E-state index contributed by atoms with van der Waals surface area (Å²) in [5.74, 6) is 0. The van der Waals surface area contributed by atoms with E-state index >= 15 is 0 Å². The molecule has 0 heterocycles. The standard InChI is InChI=1S/C3H9N.Li/c1-3(2)4;/h3H,4H2,1-2H3;. The van der Waals surface area contributed by atoms with E-state index in [1.165, 1.54) is 0 Å². The first-order valence-corrected chi connectivity index (χ1v) is 1.49. The fourth-order valence-corrected chi connectivity index (χ4v) is 0. The molecule has 0 bridgehead atoms. The van der Waals surface area contributed by atoms with E-state index < -0.39 is 0 Å². The van der Waals surface area contributed by atoms with E-state index in [0.717, 1.165) is 0 Å². The van der Waals surface area contributed by atoms with E-state index in [4.69, 9.17) is 5.73 Å². The summed E-state index contributed by atoms with van der Waals surface area (Å²) in [7, 11) is 0. The molecule has 0 spiro atoms.